The molecule has 1 aliphatic rings. The van der Waals surface area contributed by atoms with Gasteiger partial charge >= 0.3 is 0 Å². The van der Waals surface area contributed by atoms with Gasteiger partial charge in [-0.25, -0.2) is 0 Å². The van der Waals surface area contributed by atoms with Crippen molar-refractivity contribution in [2.24, 2.45) is 0 Å². The van der Waals surface area contributed by atoms with Crippen molar-refractivity contribution in [2.45, 2.75) is 25.3 Å². The molecule has 0 amide bonds. The van der Waals surface area contributed by atoms with Gasteiger partial charge in [0.15, 0.2) is 0 Å². The minimum atomic E-state index is 0.606. The van der Waals surface area contributed by atoms with E-state index in [1.807, 2.05) is 19.2 Å². The van der Waals surface area contributed by atoms with Gasteiger partial charge in [0.05, 0.1) is 17.2 Å². The number of hydrogen-bond acceptors (Lipinski definition) is 2. The second-order valence-corrected chi connectivity index (χ2v) is 6.09. The highest BCUT2D eigenvalue weighted by Crippen LogP contribution is 2.25. The fourth-order valence-electron chi connectivity index (χ4n) is 2.55. The standard InChI is InChI=1S/C12H17NO.C6H4Cl2/c1-13-11-5-3-9-4-6-12(14-2)8-10(9)7-11;7-5-3-1-2-4-6(5)8/h4,6,8,11,13H,3,5,7H2,1-2H3;1-4H. The highest BCUT2D eigenvalue weighted by molar-refractivity contribution is 6.41. The lowest BCUT2D eigenvalue weighted by atomic mass is 9.88. The summed E-state index contributed by atoms with van der Waals surface area (Å²) in [4.78, 5) is 0. The second-order valence-electron chi connectivity index (χ2n) is 5.28. The third-order valence-electron chi connectivity index (χ3n) is 3.87. The number of halogens is 2. The minimum absolute atomic E-state index is 0.606. The summed E-state index contributed by atoms with van der Waals surface area (Å²) in [6.45, 7) is 0. The Labute approximate surface area is 142 Å². The zero-order valence-electron chi connectivity index (χ0n) is 12.9. The maximum atomic E-state index is 5.58. The molecule has 22 heavy (non-hydrogen) atoms. The van der Waals surface area contributed by atoms with Crippen molar-refractivity contribution in [1.29, 1.82) is 0 Å². The average Bonchev–Trinajstić information content (AvgIpc) is 2.57. The topological polar surface area (TPSA) is 21.3 Å². The van der Waals surface area contributed by atoms with E-state index in [1.165, 1.54) is 24.0 Å². The normalized spacial score (nSPS) is 16.3. The molecule has 2 nitrogen and oxygen atoms in total. The smallest absolute Gasteiger partial charge is 0.119 e. The lowest BCUT2D eigenvalue weighted by molar-refractivity contribution is 0.412. The number of aryl methyl sites for hydroxylation is 1. The van der Waals surface area contributed by atoms with Gasteiger partial charge in [0.1, 0.15) is 5.75 Å². The Morgan fingerprint density at radius 3 is 2.27 bits per heavy atom. The third-order valence-corrected chi connectivity index (χ3v) is 4.63. The van der Waals surface area contributed by atoms with Crippen LogP contribution in [0.4, 0.5) is 0 Å². The third kappa shape index (κ3) is 4.64. The average molecular weight is 338 g/mol. The van der Waals surface area contributed by atoms with Gasteiger partial charge in [0.25, 0.3) is 0 Å². The lowest BCUT2D eigenvalue weighted by Crippen LogP contribution is -2.31. The monoisotopic (exact) mass is 337 g/mol. The molecule has 3 rings (SSSR count). The lowest BCUT2D eigenvalue weighted by Gasteiger charge is -2.24. The molecule has 0 spiro atoms. The van der Waals surface area contributed by atoms with Crippen LogP contribution in [0.5, 0.6) is 5.75 Å². The Morgan fingerprint density at radius 2 is 1.73 bits per heavy atom. The Hall–Kier alpha value is -1.22. The number of ether oxygens (including phenoxy) is 1. The van der Waals surface area contributed by atoms with Gasteiger partial charge in [0.2, 0.25) is 0 Å². The molecule has 0 saturated heterocycles. The highest BCUT2D eigenvalue weighted by atomic mass is 35.5. The molecular formula is C18H21Cl2NO. The maximum absolute atomic E-state index is 5.58. The molecule has 0 radical (unpaired) electrons. The van der Waals surface area contributed by atoms with Crippen molar-refractivity contribution in [2.75, 3.05) is 14.2 Å². The van der Waals surface area contributed by atoms with Gasteiger partial charge in [-0.15, -0.1) is 0 Å². The molecule has 0 heterocycles. The van der Waals surface area contributed by atoms with Gasteiger partial charge in [0, 0.05) is 6.04 Å². The van der Waals surface area contributed by atoms with Crippen LogP contribution in [0.25, 0.3) is 0 Å². The van der Waals surface area contributed by atoms with Gasteiger partial charge in [-0.1, -0.05) is 41.4 Å². The summed E-state index contributed by atoms with van der Waals surface area (Å²) in [6, 6.07) is 14.2. The summed E-state index contributed by atoms with van der Waals surface area (Å²) >= 11 is 11.2. The van der Waals surface area contributed by atoms with Gasteiger partial charge in [-0.2, -0.15) is 0 Å². The van der Waals surface area contributed by atoms with E-state index in [-0.39, 0.29) is 0 Å². The number of fused-ring (bicyclic) bond motifs is 1. The Morgan fingerprint density at radius 1 is 1.05 bits per heavy atom. The quantitative estimate of drug-likeness (QED) is 0.852. The van der Waals surface area contributed by atoms with Gasteiger partial charge in [-0.05, 0) is 61.7 Å². The first-order chi connectivity index (χ1) is 10.6. The number of likely N-dealkylation sites (N-methyl/N-ethyl adjacent to an activating group) is 1. The van der Waals surface area contributed by atoms with Crippen LogP contribution in [-0.4, -0.2) is 20.2 Å². The zero-order valence-corrected chi connectivity index (χ0v) is 14.4. The first-order valence-electron chi connectivity index (χ1n) is 7.37. The van der Waals surface area contributed by atoms with Crippen LogP contribution in [-0.2, 0) is 12.8 Å². The van der Waals surface area contributed by atoms with Crippen LogP contribution in [0.3, 0.4) is 0 Å². The Bertz CT molecular complexity index is 595. The molecular weight excluding hydrogens is 317 g/mol. The molecule has 2 aromatic carbocycles. The predicted octanol–water partition coefficient (Wildman–Crippen LogP) is 4.77. The molecule has 1 N–H and O–H groups in total. The number of hydrogen-bond donors (Lipinski definition) is 1. The highest BCUT2D eigenvalue weighted by Gasteiger charge is 2.17. The van der Waals surface area contributed by atoms with Crippen LogP contribution in [0.15, 0.2) is 42.5 Å². The molecule has 0 aliphatic heterocycles. The van der Waals surface area contributed by atoms with E-state index in [2.05, 4.69) is 23.5 Å². The van der Waals surface area contributed by atoms with Crippen molar-refractivity contribution in [3.8, 4) is 5.75 Å². The van der Waals surface area contributed by atoms with Crippen LogP contribution >= 0.6 is 23.2 Å². The van der Waals surface area contributed by atoms with Crippen molar-refractivity contribution in [3.05, 3.63) is 63.6 Å². The van der Waals surface area contributed by atoms with E-state index >= 15 is 0 Å². The Balaban J connectivity index is 0.000000188. The molecule has 118 valence electrons. The predicted molar refractivity (Wildman–Crippen MR) is 94.3 cm³/mol. The van der Waals surface area contributed by atoms with E-state index in [1.54, 1.807) is 19.2 Å². The molecule has 0 fully saturated rings. The SMILES string of the molecule is CNC1CCc2ccc(OC)cc2C1.Clc1ccccc1Cl. The van der Waals surface area contributed by atoms with E-state index in [0.29, 0.717) is 16.1 Å². The first-order valence-corrected chi connectivity index (χ1v) is 8.12. The fourth-order valence-corrected chi connectivity index (χ4v) is 2.82. The Kier molecular flexibility index (Phi) is 6.56. The summed E-state index contributed by atoms with van der Waals surface area (Å²) in [7, 11) is 3.76. The summed E-state index contributed by atoms with van der Waals surface area (Å²) < 4.78 is 5.23. The fraction of sp³-hybridized carbons (Fsp3) is 0.333. The van der Waals surface area contributed by atoms with Crippen molar-refractivity contribution < 1.29 is 4.74 Å². The van der Waals surface area contributed by atoms with Crippen LogP contribution in [0.2, 0.25) is 10.0 Å². The van der Waals surface area contributed by atoms with Crippen LogP contribution in [0, 0.1) is 0 Å². The molecule has 1 aliphatic carbocycles. The summed E-state index contributed by atoms with van der Waals surface area (Å²) in [5.41, 5.74) is 2.92. The number of nitrogens with one attached hydrogen (secondary N) is 1. The first kappa shape index (κ1) is 17.1. The largest absolute Gasteiger partial charge is 0.497 e. The molecule has 1 unspecified atom stereocenters. The number of methoxy groups -OCH3 is 1. The van der Waals surface area contributed by atoms with E-state index in [9.17, 15) is 0 Å². The van der Waals surface area contributed by atoms with Crippen LogP contribution in [0.1, 0.15) is 17.5 Å². The molecule has 4 heteroatoms. The number of benzene rings is 2. The van der Waals surface area contributed by atoms with Crippen LogP contribution < -0.4 is 10.1 Å². The summed E-state index contributed by atoms with van der Waals surface area (Å²) in [5, 5.41) is 4.55. The second kappa shape index (κ2) is 8.42. The van der Waals surface area contributed by atoms with Gasteiger partial charge < -0.3 is 10.1 Å². The number of rotatable bonds is 2. The zero-order chi connectivity index (χ0) is 15.9. The van der Waals surface area contributed by atoms with E-state index in [4.69, 9.17) is 27.9 Å². The molecule has 1 atom stereocenters. The maximum Gasteiger partial charge on any atom is 0.119 e. The van der Waals surface area contributed by atoms with Crippen molar-refractivity contribution in [1.82, 2.24) is 5.32 Å². The summed E-state index contributed by atoms with van der Waals surface area (Å²) in [5.74, 6) is 0.973. The van der Waals surface area contributed by atoms with Gasteiger partial charge in [-0.3, -0.25) is 0 Å². The summed E-state index contributed by atoms with van der Waals surface area (Å²) in [6.07, 6.45) is 3.56. The van der Waals surface area contributed by atoms with Crippen molar-refractivity contribution in [3.63, 3.8) is 0 Å². The molecule has 2 aromatic rings. The van der Waals surface area contributed by atoms with E-state index in [0.717, 1.165) is 12.2 Å². The molecule has 0 saturated carbocycles. The molecule has 0 aromatic heterocycles. The molecule has 0 bridgehead atoms. The minimum Gasteiger partial charge on any atom is -0.497 e. The van der Waals surface area contributed by atoms with Crippen molar-refractivity contribution >= 4 is 23.2 Å². The van der Waals surface area contributed by atoms with E-state index < -0.39 is 0 Å².